The predicted octanol–water partition coefficient (Wildman–Crippen LogP) is 4.89. The molecule has 0 spiro atoms. The third-order valence-electron chi connectivity index (χ3n) is 4.73. The number of carbonyl (C=O) groups excluding carboxylic acids is 1. The van der Waals surface area contributed by atoms with Gasteiger partial charge in [-0.2, -0.15) is 5.10 Å². The Morgan fingerprint density at radius 3 is 2.56 bits per heavy atom. The van der Waals surface area contributed by atoms with Gasteiger partial charge in [0.1, 0.15) is 6.61 Å². The molecule has 1 amide bonds. The number of hydrazone groups is 1. The van der Waals surface area contributed by atoms with Gasteiger partial charge in [0, 0.05) is 11.4 Å². The van der Waals surface area contributed by atoms with E-state index in [9.17, 15) is 9.90 Å². The summed E-state index contributed by atoms with van der Waals surface area (Å²) in [6.07, 6.45) is 1.32. The second-order valence-corrected chi connectivity index (χ2v) is 7.52. The van der Waals surface area contributed by atoms with Crippen molar-refractivity contribution < 1.29 is 19.4 Å². The Morgan fingerprint density at radius 2 is 1.84 bits per heavy atom. The van der Waals surface area contributed by atoms with Gasteiger partial charge in [-0.3, -0.25) is 4.79 Å². The fraction of sp³-hybridized carbons (Fsp3) is 0.200. The lowest BCUT2D eigenvalue weighted by atomic mass is 10.1. The molecule has 3 aromatic rings. The van der Waals surface area contributed by atoms with Crippen molar-refractivity contribution in [3.63, 3.8) is 0 Å². The van der Waals surface area contributed by atoms with Crippen LogP contribution in [0.5, 0.6) is 11.5 Å². The van der Waals surface area contributed by atoms with E-state index in [4.69, 9.17) is 21.1 Å². The zero-order valence-electron chi connectivity index (χ0n) is 17.7. The van der Waals surface area contributed by atoms with Crippen molar-refractivity contribution in [3.8, 4) is 11.5 Å². The third kappa shape index (κ3) is 7.11. The number of carbonyl (C=O) groups is 1. The summed E-state index contributed by atoms with van der Waals surface area (Å²) in [5, 5.41) is 14.8. The lowest BCUT2D eigenvalue weighted by Crippen LogP contribution is -2.18. The first-order valence-corrected chi connectivity index (χ1v) is 10.5. The normalized spacial score (nSPS) is 11.8. The van der Waals surface area contributed by atoms with Crippen LogP contribution >= 0.6 is 11.6 Å². The van der Waals surface area contributed by atoms with Gasteiger partial charge in [0.25, 0.3) is 0 Å². The molecule has 0 saturated carbocycles. The second kappa shape index (κ2) is 11.9. The second-order valence-electron chi connectivity index (χ2n) is 7.08. The van der Waals surface area contributed by atoms with E-state index < -0.39 is 6.10 Å². The highest BCUT2D eigenvalue weighted by Gasteiger charge is 2.10. The van der Waals surface area contributed by atoms with E-state index in [-0.39, 0.29) is 12.3 Å². The Balaban J connectivity index is 1.49. The minimum atomic E-state index is -0.685. The molecule has 0 heterocycles. The van der Waals surface area contributed by atoms with Crippen molar-refractivity contribution in [2.75, 3.05) is 7.11 Å². The van der Waals surface area contributed by atoms with Crippen LogP contribution in [0, 0.1) is 0 Å². The number of amides is 1. The van der Waals surface area contributed by atoms with Gasteiger partial charge in [-0.15, -0.1) is 0 Å². The van der Waals surface area contributed by atoms with E-state index in [0.717, 1.165) is 16.7 Å². The van der Waals surface area contributed by atoms with Crippen LogP contribution in [-0.4, -0.2) is 24.3 Å². The molecule has 0 bridgehead atoms. The fourth-order valence-corrected chi connectivity index (χ4v) is 3.10. The number of ether oxygens (including phenoxy) is 2. The molecule has 0 saturated heterocycles. The molecular formula is C25H25ClN2O4. The molecule has 3 aromatic carbocycles. The monoisotopic (exact) mass is 452 g/mol. The summed E-state index contributed by atoms with van der Waals surface area (Å²) in [6, 6.07) is 22.0. The lowest BCUT2D eigenvalue weighted by molar-refractivity contribution is -0.121. The summed E-state index contributed by atoms with van der Waals surface area (Å²) in [5.41, 5.74) is 4.99. The molecule has 0 radical (unpaired) electrons. The smallest absolute Gasteiger partial charge is 0.240 e. The van der Waals surface area contributed by atoms with Crippen molar-refractivity contribution in [2.24, 2.45) is 5.10 Å². The number of halogens is 1. The van der Waals surface area contributed by atoms with Gasteiger partial charge in [-0.25, -0.2) is 5.43 Å². The quantitative estimate of drug-likeness (QED) is 0.339. The molecule has 166 valence electrons. The van der Waals surface area contributed by atoms with E-state index in [1.807, 2.05) is 60.7 Å². The summed E-state index contributed by atoms with van der Waals surface area (Å²) in [4.78, 5) is 12.0. The van der Waals surface area contributed by atoms with Crippen LogP contribution in [-0.2, 0) is 11.4 Å². The summed E-state index contributed by atoms with van der Waals surface area (Å²) < 4.78 is 11.2. The van der Waals surface area contributed by atoms with E-state index in [1.165, 1.54) is 6.21 Å². The molecule has 6 nitrogen and oxygen atoms in total. The number of benzene rings is 3. The average molecular weight is 453 g/mol. The van der Waals surface area contributed by atoms with Gasteiger partial charge in [0.2, 0.25) is 5.91 Å². The van der Waals surface area contributed by atoms with Gasteiger partial charge in [0.15, 0.2) is 11.5 Å². The molecule has 0 aliphatic rings. The molecule has 1 atom stereocenters. The van der Waals surface area contributed by atoms with Crippen LogP contribution in [0.15, 0.2) is 77.9 Å². The first kappa shape index (κ1) is 23.3. The maximum absolute atomic E-state index is 12.0. The molecule has 0 aliphatic heterocycles. The van der Waals surface area contributed by atoms with Crippen molar-refractivity contribution in [1.29, 1.82) is 0 Å². The Labute approximate surface area is 192 Å². The molecule has 0 aliphatic carbocycles. The first-order chi connectivity index (χ1) is 15.5. The minimum absolute atomic E-state index is 0.161. The molecule has 0 unspecified atom stereocenters. The van der Waals surface area contributed by atoms with E-state index in [2.05, 4.69) is 10.5 Å². The molecule has 0 fully saturated rings. The molecule has 32 heavy (non-hydrogen) atoms. The van der Waals surface area contributed by atoms with Crippen LogP contribution in [0.25, 0.3) is 0 Å². The summed E-state index contributed by atoms with van der Waals surface area (Å²) in [5.74, 6) is 0.880. The van der Waals surface area contributed by atoms with Crippen molar-refractivity contribution >= 4 is 23.7 Å². The summed E-state index contributed by atoms with van der Waals surface area (Å²) in [7, 11) is 1.56. The largest absolute Gasteiger partial charge is 0.493 e. The number of rotatable bonds is 10. The number of hydrogen-bond donors (Lipinski definition) is 2. The highest BCUT2D eigenvalue weighted by Crippen LogP contribution is 2.28. The SMILES string of the molecule is COc1cc(/C=N\NC(=O)CC[C@@H](O)c2ccccc2)ccc1OCc1ccc(Cl)cc1. The minimum Gasteiger partial charge on any atom is -0.493 e. The average Bonchev–Trinajstić information content (AvgIpc) is 2.83. The predicted molar refractivity (Wildman–Crippen MR) is 125 cm³/mol. The highest BCUT2D eigenvalue weighted by molar-refractivity contribution is 6.30. The van der Waals surface area contributed by atoms with Crippen molar-refractivity contribution in [1.82, 2.24) is 5.43 Å². The van der Waals surface area contributed by atoms with Crippen LogP contribution in [0.3, 0.4) is 0 Å². The Hall–Kier alpha value is -3.35. The van der Waals surface area contributed by atoms with Gasteiger partial charge in [0.05, 0.1) is 19.4 Å². The summed E-state index contributed by atoms with van der Waals surface area (Å²) in [6.45, 7) is 0.381. The zero-order chi connectivity index (χ0) is 22.8. The standard InChI is InChI=1S/C25H25ClN2O4/c1-31-24-15-19(9-13-23(24)32-17-18-7-10-21(26)11-8-18)16-27-28-25(30)14-12-22(29)20-5-3-2-4-6-20/h2-11,13,15-16,22,29H,12,14,17H2,1H3,(H,28,30)/b27-16-/t22-/m1/s1. The van der Waals surface area contributed by atoms with Crippen molar-refractivity contribution in [3.05, 3.63) is 94.5 Å². The van der Waals surface area contributed by atoms with Crippen LogP contribution in [0.2, 0.25) is 5.02 Å². The number of nitrogens with zero attached hydrogens (tertiary/aromatic N) is 1. The van der Waals surface area contributed by atoms with Crippen molar-refractivity contribution in [2.45, 2.75) is 25.6 Å². The van der Waals surface area contributed by atoms with E-state index in [1.54, 1.807) is 19.2 Å². The third-order valence-corrected chi connectivity index (χ3v) is 4.98. The number of hydrogen-bond acceptors (Lipinski definition) is 5. The summed E-state index contributed by atoms with van der Waals surface area (Å²) >= 11 is 5.90. The number of nitrogens with one attached hydrogen (secondary N) is 1. The molecule has 7 heteroatoms. The van der Waals surface area contributed by atoms with Crippen LogP contribution in [0.4, 0.5) is 0 Å². The molecule has 3 rings (SSSR count). The Morgan fingerprint density at radius 1 is 1.09 bits per heavy atom. The molecule has 0 aromatic heterocycles. The Bertz CT molecular complexity index is 1040. The lowest BCUT2D eigenvalue weighted by Gasteiger charge is -2.11. The first-order valence-electron chi connectivity index (χ1n) is 10.2. The topological polar surface area (TPSA) is 80.2 Å². The maximum Gasteiger partial charge on any atom is 0.240 e. The Kier molecular flexibility index (Phi) is 8.66. The number of aliphatic hydroxyl groups excluding tert-OH is 1. The fourth-order valence-electron chi connectivity index (χ4n) is 2.97. The number of methoxy groups -OCH3 is 1. The maximum atomic E-state index is 12.0. The van der Waals surface area contributed by atoms with E-state index in [0.29, 0.717) is 29.5 Å². The highest BCUT2D eigenvalue weighted by atomic mass is 35.5. The number of aliphatic hydroxyl groups is 1. The molecule has 2 N–H and O–H groups in total. The zero-order valence-corrected chi connectivity index (χ0v) is 18.5. The van der Waals surface area contributed by atoms with E-state index >= 15 is 0 Å². The van der Waals surface area contributed by atoms with Gasteiger partial charge in [-0.1, -0.05) is 54.1 Å². The molecular weight excluding hydrogens is 428 g/mol. The van der Waals surface area contributed by atoms with Gasteiger partial charge < -0.3 is 14.6 Å². The van der Waals surface area contributed by atoms with Crippen LogP contribution < -0.4 is 14.9 Å². The van der Waals surface area contributed by atoms with Gasteiger partial charge in [-0.05, 0) is 53.4 Å². The van der Waals surface area contributed by atoms with Gasteiger partial charge >= 0.3 is 0 Å². The van der Waals surface area contributed by atoms with Crippen LogP contribution in [0.1, 0.15) is 35.6 Å².